The zero-order valence-electron chi connectivity index (χ0n) is 15.8. The Kier molecular flexibility index (Phi) is 5.23. The molecule has 0 spiro atoms. The molecule has 7 heteroatoms. The van der Waals surface area contributed by atoms with Gasteiger partial charge < -0.3 is 14.0 Å². The van der Waals surface area contributed by atoms with Gasteiger partial charge in [-0.2, -0.15) is 4.98 Å². The lowest BCUT2D eigenvalue weighted by atomic mass is 9.92. The first-order valence-electron chi connectivity index (χ1n) is 9.59. The smallest absolute Gasteiger partial charge is 0.270 e. The summed E-state index contributed by atoms with van der Waals surface area (Å²) in [6, 6.07) is 9.78. The van der Waals surface area contributed by atoms with E-state index in [2.05, 4.69) is 10.1 Å². The van der Waals surface area contributed by atoms with Crippen LogP contribution in [0.15, 0.2) is 47.1 Å². The standard InChI is InChI=1S/C21H23FN4O2/c1-25-12-2-3-18(25)21(27)26-13-10-15(11-14-26)4-9-19-23-20(28-24-19)16-5-7-17(22)8-6-16/h2-3,5-8,12,15H,4,9-11,13-14H2,1H3. The van der Waals surface area contributed by atoms with Crippen LogP contribution in [0, 0.1) is 11.7 Å². The summed E-state index contributed by atoms with van der Waals surface area (Å²) in [5.74, 6) is 1.44. The van der Waals surface area contributed by atoms with Crippen LogP contribution < -0.4 is 0 Å². The second kappa shape index (κ2) is 7.96. The predicted octanol–water partition coefficient (Wildman–Crippen LogP) is 3.70. The molecule has 0 unspecified atom stereocenters. The highest BCUT2D eigenvalue weighted by Crippen LogP contribution is 2.24. The lowest BCUT2D eigenvalue weighted by Crippen LogP contribution is -2.39. The molecule has 4 rings (SSSR count). The Labute approximate surface area is 163 Å². The third-order valence-corrected chi connectivity index (χ3v) is 5.40. The SMILES string of the molecule is Cn1cccc1C(=O)N1CCC(CCc2noc(-c3ccc(F)cc3)n2)CC1. The highest BCUT2D eigenvalue weighted by molar-refractivity contribution is 5.92. The molecule has 0 radical (unpaired) electrons. The van der Waals surface area contributed by atoms with Crippen LogP contribution >= 0.6 is 0 Å². The van der Waals surface area contributed by atoms with Crippen LogP contribution in [0.5, 0.6) is 0 Å². The van der Waals surface area contributed by atoms with E-state index < -0.39 is 0 Å². The van der Waals surface area contributed by atoms with Gasteiger partial charge in [0.25, 0.3) is 11.8 Å². The molecule has 2 aromatic heterocycles. The molecule has 0 saturated carbocycles. The number of aromatic nitrogens is 3. The van der Waals surface area contributed by atoms with E-state index in [0.29, 0.717) is 23.2 Å². The second-order valence-corrected chi connectivity index (χ2v) is 7.30. The first kappa shape index (κ1) is 18.4. The molecule has 6 nitrogen and oxygen atoms in total. The monoisotopic (exact) mass is 382 g/mol. The predicted molar refractivity (Wildman–Crippen MR) is 102 cm³/mol. The fourth-order valence-corrected chi connectivity index (χ4v) is 3.67. The van der Waals surface area contributed by atoms with Gasteiger partial charge in [-0.25, -0.2) is 4.39 Å². The van der Waals surface area contributed by atoms with Crippen molar-refractivity contribution in [3.63, 3.8) is 0 Å². The minimum absolute atomic E-state index is 0.105. The van der Waals surface area contributed by atoms with Gasteiger partial charge in [-0.1, -0.05) is 5.16 Å². The van der Waals surface area contributed by atoms with Gasteiger partial charge in [-0.15, -0.1) is 0 Å². The van der Waals surface area contributed by atoms with Crippen molar-refractivity contribution in [1.29, 1.82) is 0 Å². The summed E-state index contributed by atoms with van der Waals surface area (Å²) in [6.45, 7) is 1.56. The number of nitrogens with zero attached hydrogens (tertiary/aromatic N) is 4. The van der Waals surface area contributed by atoms with Gasteiger partial charge in [0.05, 0.1) is 0 Å². The van der Waals surface area contributed by atoms with Gasteiger partial charge in [-0.3, -0.25) is 4.79 Å². The van der Waals surface area contributed by atoms with Crippen LogP contribution in [-0.4, -0.2) is 38.6 Å². The van der Waals surface area contributed by atoms with Crippen molar-refractivity contribution >= 4 is 5.91 Å². The number of amides is 1. The molecule has 28 heavy (non-hydrogen) atoms. The maximum atomic E-state index is 13.0. The highest BCUT2D eigenvalue weighted by Gasteiger charge is 2.25. The molecule has 1 saturated heterocycles. The zero-order chi connectivity index (χ0) is 19.5. The van der Waals surface area contributed by atoms with Crippen molar-refractivity contribution in [2.24, 2.45) is 13.0 Å². The van der Waals surface area contributed by atoms with Crippen LogP contribution in [0.25, 0.3) is 11.5 Å². The Morgan fingerprint density at radius 1 is 1.21 bits per heavy atom. The number of rotatable bonds is 5. The Morgan fingerprint density at radius 3 is 2.64 bits per heavy atom. The van der Waals surface area contributed by atoms with Crippen LogP contribution in [0.1, 0.15) is 35.6 Å². The van der Waals surface area contributed by atoms with E-state index in [4.69, 9.17) is 4.52 Å². The minimum Gasteiger partial charge on any atom is -0.347 e. The summed E-state index contributed by atoms with van der Waals surface area (Å²) in [5.41, 5.74) is 1.45. The fourth-order valence-electron chi connectivity index (χ4n) is 3.67. The highest BCUT2D eigenvalue weighted by atomic mass is 19.1. The quantitative estimate of drug-likeness (QED) is 0.675. The summed E-state index contributed by atoms with van der Waals surface area (Å²) in [4.78, 5) is 18.9. The number of benzene rings is 1. The van der Waals surface area contributed by atoms with E-state index in [1.165, 1.54) is 12.1 Å². The number of carbonyl (C=O) groups excluding carboxylic acids is 1. The van der Waals surface area contributed by atoms with Crippen LogP contribution in [0.3, 0.4) is 0 Å². The molecule has 0 atom stereocenters. The summed E-state index contributed by atoms with van der Waals surface area (Å²) in [5, 5.41) is 4.04. The van der Waals surface area contributed by atoms with E-state index in [0.717, 1.165) is 44.5 Å². The van der Waals surface area contributed by atoms with Gasteiger partial charge in [-0.05, 0) is 61.6 Å². The molecule has 1 aliphatic heterocycles. The van der Waals surface area contributed by atoms with E-state index >= 15 is 0 Å². The zero-order valence-corrected chi connectivity index (χ0v) is 15.8. The first-order chi connectivity index (χ1) is 13.6. The molecule has 0 N–H and O–H groups in total. The summed E-state index contributed by atoms with van der Waals surface area (Å²) >= 11 is 0. The van der Waals surface area contributed by atoms with Crippen molar-refractivity contribution in [2.45, 2.75) is 25.7 Å². The third-order valence-electron chi connectivity index (χ3n) is 5.40. The largest absolute Gasteiger partial charge is 0.347 e. The average molecular weight is 382 g/mol. The molecule has 0 bridgehead atoms. The van der Waals surface area contributed by atoms with Crippen LogP contribution in [-0.2, 0) is 13.5 Å². The van der Waals surface area contributed by atoms with E-state index in [1.807, 2.05) is 34.8 Å². The second-order valence-electron chi connectivity index (χ2n) is 7.30. The Balaban J connectivity index is 1.27. The molecule has 1 fully saturated rings. The van der Waals surface area contributed by atoms with Crippen molar-refractivity contribution in [3.05, 3.63) is 59.9 Å². The summed E-state index contributed by atoms with van der Waals surface area (Å²) in [6.07, 6.45) is 5.57. The van der Waals surface area contributed by atoms with Gasteiger partial charge >= 0.3 is 0 Å². The number of hydrogen-bond acceptors (Lipinski definition) is 4. The molecule has 0 aliphatic carbocycles. The van der Waals surface area contributed by atoms with Crippen LogP contribution in [0.2, 0.25) is 0 Å². The molecule has 1 aliphatic rings. The maximum absolute atomic E-state index is 13.0. The Morgan fingerprint density at radius 2 is 1.96 bits per heavy atom. The normalized spacial score (nSPS) is 15.1. The van der Waals surface area contributed by atoms with Gasteiger partial charge in [0, 0.05) is 38.3 Å². The average Bonchev–Trinajstić information content (AvgIpc) is 3.36. The number of hydrogen-bond donors (Lipinski definition) is 0. The number of piperidine rings is 1. The van der Waals surface area contributed by atoms with E-state index in [9.17, 15) is 9.18 Å². The lowest BCUT2D eigenvalue weighted by molar-refractivity contribution is 0.0677. The third kappa shape index (κ3) is 3.98. The van der Waals surface area contributed by atoms with E-state index in [1.54, 1.807) is 12.1 Å². The van der Waals surface area contributed by atoms with Crippen molar-refractivity contribution in [3.8, 4) is 11.5 Å². The number of aryl methyl sites for hydroxylation is 2. The maximum Gasteiger partial charge on any atom is 0.270 e. The Bertz CT molecular complexity index is 939. The number of carbonyl (C=O) groups is 1. The number of likely N-dealkylation sites (tertiary alicyclic amines) is 1. The van der Waals surface area contributed by atoms with Gasteiger partial charge in [0.15, 0.2) is 5.82 Å². The van der Waals surface area contributed by atoms with E-state index in [-0.39, 0.29) is 11.7 Å². The van der Waals surface area contributed by atoms with Crippen LogP contribution in [0.4, 0.5) is 4.39 Å². The Hall–Kier alpha value is -2.96. The molecule has 1 aromatic carbocycles. The fraction of sp³-hybridized carbons (Fsp3) is 0.381. The summed E-state index contributed by atoms with van der Waals surface area (Å²) < 4.78 is 20.2. The molecule has 3 heterocycles. The molecule has 1 amide bonds. The lowest BCUT2D eigenvalue weighted by Gasteiger charge is -2.32. The number of halogens is 1. The minimum atomic E-state index is -0.291. The molecule has 146 valence electrons. The summed E-state index contributed by atoms with van der Waals surface area (Å²) in [7, 11) is 1.89. The first-order valence-corrected chi connectivity index (χ1v) is 9.59. The molecule has 3 aromatic rings. The van der Waals surface area contributed by atoms with Gasteiger partial charge in [0.1, 0.15) is 11.5 Å². The molecular weight excluding hydrogens is 359 g/mol. The topological polar surface area (TPSA) is 64.2 Å². The van der Waals surface area contributed by atoms with Gasteiger partial charge in [0.2, 0.25) is 0 Å². The van der Waals surface area contributed by atoms with Crippen molar-refractivity contribution in [1.82, 2.24) is 19.6 Å². The molecular formula is C21H23FN4O2. The van der Waals surface area contributed by atoms with Crippen molar-refractivity contribution in [2.75, 3.05) is 13.1 Å². The van der Waals surface area contributed by atoms with Crippen molar-refractivity contribution < 1.29 is 13.7 Å².